The van der Waals surface area contributed by atoms with Crippen molar-refractivity contribution in [3.63, 3.8) is 0 Å². The highest BCUT2D eigenvalue weighted by Gasteiger charge is 2.68. The summed E-state index contributed by atoms with van der Waals surface area (Å²) in [6.07, 6.45) is -0.0246. The first-order valence-corrected chi connectivity index (χ1v) is 12.5. The van der Waals surface area contributed by atoms with Gasteiger partial charge in [-0.15, -0.1) is 0 Å². The lowest BCUT2D eigenvalue weighted by Crippen LogP contribution is -2.57. The van der Waals surface area contributed by atoms with Crippen LogP contribution < -0.4 is 5.32 Å². The van der Waals surface area contributed by atoms with Crippen molar-refractivity contribution in [2.75, 3.05) is 0 Å². The molecule has 2 aliphatic rings. The van der Waals surface area contributed by atoms with E-state index in [4.69, 9.17) is 0 Å². The van der Waals surface area contributed by atoms with Gasteiger partial charge < -0.3 is 10.2 Å². The molecule has 2 fully saturated rings. The molecule has 7 heteroatoms. The topological polar surface area (TPSA) is 107 Å². The number of nitrogens with one attached hydrogen (secondary N) is 1. The molecule has 0 radical (unpaired) electrons. The fourth-order valence-corrected chi connectivity index (χ4v) is 6.14. The summed E-state index contributed by atoms with van der Waals surface area (Å²) >= 11 is 0. The van der Waals surface area contributed by atoms with Gasteiger partial charge in [0.25, 0.3) is 0 Å². The second-order valence-corrected chi connectivity index (χ2v) is 10.1. The number of aromatic hydroxyl groups is 1. The van der Waals surface area contributed by atoms with E-state index in [1.807, 2.05) is 72.8 Å². The van der Waals surface area contributed by atoms with Crippen LogP contribution >= 0.6 is 0 Å². The summed E-state index contributed by atoms with van der Waals surface area (Å²) in [4.78, 5) is 42.3. The minimum Gasteiger partial charge on any atom is -0.508 e. The molecule has 38 heavy (non-hydrogen) atoms. The summed E-state index contributed by atoms with van der Waals surface area (Å²) in [5.41, 5.74) is 0.497. The third-order valence-electron chi connectivity index (χ3n) is 7.89. The average Bonchev–Trinajstić information content (AvgIpc) is 3.40. The number of phenols is 1. The summed E-state index contributed by atoms with van der Waals surface area (Å²) in [6.45, 7) is 0.0860. The van der Waals surface area contributed by atoms with Gasteiger partial charge in [0.15, 0.2) is 0 Å². The van der Waals surface area contributed by atoms with Crippen LogP contribution in [0.25, 0.3) is 10.8 Å². The number of imide groups is 1. The van der Waals surface area contributed by atoms with Crippen LogP contribution in [0.15, 0.2) is 97.1 Å². The predicted molar refractivity (Wildman–Crippen MR) is 141 cm³/mol. The Bertz CT molecular complexity index is 1550. The van der Waals surface area contributed by atoms with E-state index < -0.39 is 35.3 Å². The largest absolute Gasteiger partial charge is 0.508 e. The van der Waals surface area contributed by atoms with Gasteiger partial charge >= 0.3 is 5.97 Å². The van der Waals surface area contributed by atoms with Gasteiger partial charge in [-0.3, -0.25) is 24.6 Å². The smallest absolute Gasteiger partial charge is 0.325 e. The quantitative estimate of drug-likeness (QED) is 0.341. The number of rotatable bonds is 6. The maximum Gasteiger partial charge on any atom is 0.325 e. The van der Waals surface area contributed by atoms with Crippen molar-refractivity contribution in [1.82, 2.24) is 10.2 Å². The molecule has 4 aromatic carbocycles. The molecule has 0 saturated carbocycles. The van der Waals surface area contributed by atoms with E-state index in [0.717, 1.165) is 21.9 Å². The highest BCUT2D eigenvalue weighted by atomic mass is 16.4. The normalized spacial score (nSPS) is 24.6. The van der Waals surface area contributed by atoms with Crippen molar-refractivity contribution < 1.29 is 24.6 Å². The lowest BCUT2D eigenvalue weighted by atomic mass is 9.76. The van der Waals surface area contributed by atoms with Gasteiger partial charge in [-0.1, -0.05) is 84.9 Å². The van der Waals surface area contributed by atoms with Crippen molar-refractivity contribution in [3.8, 4) is 5.75 Å². The fourth-order valence-electron chi connectivity index (χ4n) is 6.14. The number of carbonyl (C=O) groups excluding carboxylic acids is 2. The zero-order chi connectivity index (χ0) is 26.4. The number of fused-ring (bicyclic) bond motifs is 2. The van der Waals surface area contributed by atoms with E-state index in [-0.39, 0.29) is 24.6 Å². The molecule has 7 nitrogen and oxygen atoms in total. The van der Waals surface area contributed by atoms with Crippen LogP contribution in [0, 0.1) is 11.8 Å². The van der Waals surface area contributed by atoms with Gasteiger partial charge in [-0.2, -0.15) is 0 Å². The third kappa shape index (κ3) is 3.74. The Balaban J connectivity index is 1.50. The number of carbonyl (C=O) groups is 3. The molecule has 2 heterocycles. The molecule has 6 rings (SSSR count). The van der Waals surface area contributed by atoms with Gasteiger partial charge in [0.05, 0.1) is 18.4 Å². The number of benzene rings is 4. The van der Waals surface area contributed by atoms with Crippen molar-refractivity contribution in [2.24, 2.45) is 11.8 Å². The molecule has 3 N–H and O–H groups in total. The van der Waals surface area contributed by atoms with Crippen LogP contribution in [0.5, 0.6) is 5.75 Å². The molecular formula is C31H26N2O5. The average molecular weight is 507 g/mol. The molecule has 0 spiro atoms. The zero-order valence-corrected chi connectivity index (χ0v) is 20.5. The second-order valence-electron chi connectivity index (χ2n) is 10.1. The summed E-state index contributed by atoms with van der Waals surface area (Å²) in [5.74, 6) is -3.97. The number of phenolic OH excluding ortho intramolecular Hbond substituents is 1. The van der Waals surface area contributed by atoms with E-state index in [0.29, 0.717) is 5.56 Å². The fraction of sp³-hybridized carbons (Fsp3) is 0.194. The number of likely N-dealkylation sites (tertiary alicyclic amines) is 1. The van der Waals surface area contributed by atoms with Crippen LogP contribution in [0.4, 0.5) is 0 Å². The van der Waals surface area contributed by atoms with E-state index in [1.165, 1.54) is 17.0 Å². The highest BCUT2D eigenvalue weighted by Crippen LogP contribution is 2.51. The molecule has 2 amide bonds. The Morgan fingerprint density at radius 3 is 2.24 bits per heavy atom. The van der Waals surface area contributed by atoms with Gasteiger partial charge in [0.1, 0.15) is 11.3 Å². The summed E-state index contributed by atoms with van der Waals surface area (Å²) < 4.78 is 0. The summed E-state index contributed by atoms with van der Waals surface area (Å²) in [5, 5.41) is 25.6. The lowest BCUT2D eigenvalue weighted by Gasteiger charge is -2.31. The van der Waals surface area contributed by atoms with Gasteiger partial charge in [-0.05, 0) is 39.6 Å². The van der Waals surface area contributed by atoms with Crippen LogP contribution in [0.2, 0.25) is 0 Å². The number of carboxylic acids is 1. The van der Waals surface area contributed by atoms with Crippen molar-refractivity contribution in [1.29, 1.82) is 0 Å². The number of hydrogen-bond donors (Lipinski definition) is 3. The Hall–Kier alpha value is -4.49. The number of aliphatic carboxylic acids is 1. The number of carboxylic acid groups (broad SMARTS) is 1. The first-order valence-electron chi connectivity index (χ1n) is 12.5. The Kier molecular flexibility index (Phi) is 5.73. The van der Waals surface area contributed by atoms with Gasteiger partial charge in [-0.25, -0.2) is 0 Å². The van der Waals surface area contributed by atoms with E-state index >= 15 is 0 Å². The number of hydrogen-bond acceptors (Lipinski definition) is 5. The number of nitrogens with zero attached hydrogens (tertiary/aromatic N) is 1. The Morgan fingerprint density at radius 2 is 1.50 bits per heavy atom. The van der Waals surface area contributed by atoms with E-state index in [2.05, 4.69) is 5.32 Å². The molecule has 4 aromatic rings. The summed E-state index contributed by atoms with van der Waals surface area (Å²) in [6, 6.07) is 28.3. The molecule has 0 aromatic heterocycles. The highest BCUT2D eigenvalue weighted by molar-refractivity contribution is 6.09. The van der Waals surface area contributed by atoms with Crippen molar-refractivity contribution in [3.05, 3.63) is 114 Å². The maximum absolute atomic E-state index is 14.0. The Morgan fingerprint density at radius 1 is 0.816 bits per heavy atom. The Labute approximate surface area is 219 Å². The zero-order valence-electron chi connectivity index (χ0n) is 20.5. The first kappa shape index (κ1) is 23.9. The van der Waals surface area contributed by atoms with Crippen LogP contribution in [-0.4, -0.2) is 38.4 Å². The minimum absolute atomic E-state index is 0.0246. The molecule has 4 unspecified atom stereocenters. The molecule has 0 aliphatic carbocycles. The van der Waals surface area contributed by atoms with Crippen molar-refractivity contribution >= 4 is 28.6 Å². The second kappa shape index (κ2) is 9.11. The SMILES string of the molecule is O=C1C2C(c3cccc4ccccc34)NC(Cc3ccc(O)cc3)(C(=O)O)C2C(=O)N1Cc1ccccc1. The molecular weight excluding hydrogens is 480 g/mol. The van der Waals surface area contributed by atoms with E-state index in [9.17, 15) is 24.6 Å². The van der Waals surface area contributed by atoms with Crippen LogP contribution in [0.3, 0.4) is 0 Å². The molecule has 2 aliphatic heterocycles. The third-order valence-corrected chi connectivity index (χ3v) is 7.89. The molecule has 190 valence electrons. The van der Waals surface area contributed by atoms with Gasteiger partial charge in [0, 0.05) is 12.5 Å². The predicted octanol–water partition coefficient (Wildman–Crippen LogP) is 4.06. The lowest BCUT2D eigenvalue weighted by molar-refractivity contribution is -0.151. The maximum atomic E-state index is 14.0. The van der Waals surface area contributed by atoms with E-state index in [1.54, 1.807) is 12.1 Å². The number of amides is 2. The summed E-state index contributed by atoms with van der Waals surface area (Å²) in [7, 11) is 0. The van der Waals surface area contributed by atoms with Crippen LogP contribution in [0.1, 0.15) is 22.7 Å². The molecule has 4 atom stereocenters. The molecule has 0 bridgehead atoms. The monoisotopic (exact) mass is 506 g/mol. The van der Waals surface area contributed by atoms with Gasteiger partial charge in [0.2, 0.25) is 11.8 Å². The van der Waals surface area contributed by atoms with Crippen LogP contribution in [-0.2, 0) is 27.3 Å². The van der Waals surface area contributed by atoms with Crippen molar-refractivity contribution in [2.45, 2.75) is 24.5 Å². The standard InChI is InChI=1S/C31H26N2O5/c34-22-15-13-19(14-16-22)17-31(30(37)38)26-25(28(35)33(29(26)36)18-20-7-2-1-3-8-20)27(32-31)24-12-6-10-21-9-4-5-11-23(21)24/h1-16,25-27,32,34H,17-18H2,(H,37,38). The molecule has 2 saturated heterocycles. The first-order chi connectivity index (χ1) is 18.4. The minimum atomic E-state index is -1.72.